The van der Waals surface area contributed by atoms with Crippen molar-refractivity contribution >= 4 is 5.69 Å². The average molecular weight is 252 g/mol. The third-order valence-corrected chi connectivity index (χ3v) is 2.87. The predicted molar refractivity (Wildman–Crippen MR) is 76.0 cm³/mol. The highest BCUT2D eigenvalue weighted by Gasteiger charge is 2.12. The Morgan fingerprint density at radius 1 is 1.11 bits per heavy atom. The zero-order valence-corrected chi connectivity index (χ0v) is 10.8. The summed E-state index contributed by atoms with van der Waals surface area (Å²) in [6.07, 6.45) is 0.101. The number of nitrogens with one attached hydrogen (secondary N) is 1. The van der Waals surface area contributed by atoms with Crippen molar-refractivity contribution in [1.82, 2.24) is 0 Å². The molecule has 0 amide bonds. The Kier molecular flexibility index (Phi) is 4.41. The van der Waals surface area contributed by atoms with Crippen LogP contribution in [-0.2, 0) is 0 Å². The van der Waals surface area contributed by atoms with Gasteiger partial charge in [-0.05, 0) is 29.8 Å². The van der Waals surface area contributed by atoms with Crippen LogP contribution in [0, 0.1) is 11.3 Å². The van der Waals surface area contributed by atoms with E-state index in [0.29, 0.717) is 6.42 Å². The topological polar surface area (TPSA) is 45.0 Å². The highest BCUT2D eigenvalue weighted by Crippen LogP contribution is 2.25. The number of hydrogen-bond donors (Lipinski definition) is 1. The average Bonchev–Trinajstić information content (AvgIpc) is 2.48. The van der Waals surface area contributed by atoms with Gasteiger partial charge >= 0.3 is 0 Å². The summed E-state index contributed by atoms with van der Waals surface area (Å²) >= 11 is 0. The van der Waals surface area contributed by atoms with Gasteiger partial charge in [0.15, 0.2) is 0 Å². The molecule has 0 saturated carbocycles. The summed E-state index contributed by atoms with van der Waals surface area (Å²) in [6, 6.07) is 19.7. The highest BCUT2D eigenvalue weighted by atomic mass is 16.5. The minimum atomic E-state index is -0.230. The van der Waals surface area contributed by atoms with E-state index in [2.05, 4.69) is 11.4 Å². The van der Waals surface area contributed by atoms with Gasteiger partial charge in [-0.2, -0.15) is 5.26 Å². The first kappa shape index (κ1) is 13.0. The number of hydrogen-bond acceptors (Lipinski definition) is 3. The van der Waals surface area contributed by atoms with Gasteiger partial charge in [0.2, 0.25) is 0 Å². The van der Waals surface area contributed by atoms with E-state index in [1.165, 1.54) is 0 Å². The first-order valence-corrected chi connectivity index (χ1v) is 6.20. The van der Waals surface area contributed by atoms with Crippen LogP contribution in [0.25, 0.3) is 0 Å². The Balaban J connectivity index is 2.14. The Morgan fingerprint density at radius 2 is 1.79 bits per heavy atom. The molecule has 3 nitrogen and oxygen atoms in total. The van der Waals surface area contributed by atoms with Gasteiger partial charge in [0.05, 0.1) is 12.5 Å². The van der Waals surface area contributed by atoms with Crippen molar-refractivity contribution in [1.29, 1.82) is 5.26 Å². The third-order valence-electron chi connectivity index (χ3n) is 2.87. The summed E-state index contributed by atoms with van der Waals surface area (Å²) in [7, 11) is 1.87. The second-order valence-electron chi connectivity index (χ2n) is 4.15. The second-order valence-corrected chi connectivity index (χ2v) is 4.15. The van der Waals surface area contributed by atoms with E-state index >= 15 is 0 Å². The standard InChI is InChI=1S/C16H16N2O/c1-18-14-7-9-15(10-8-14)19-16(11-12-17)13-5-3-2-4-6-13/h2-10,16,18H,11H2,1H3. The van der Waals surface area contributed by atoms with E-state index in [9.17, 15) is 0 Å². The van der Waals surface area contributed by atoms with Crippen LogP contribution in [0.4, 0.5) is 5.69 Å². The molecule has 1 N–H and O–H groups in total. The van der Waals surface area contributed by atoms with Crippen LogP contribution in [0.15, 0.2) is 54.6 Å². The lowest BCUT2D eigenvalue weighted by atomic mass is 10.1. The van der Waals surface area contributed by atoms with Gasteiger partial charge in [-0.3, -0.25) is 0 Å². The van der Waals surface area contributed by atoms with Crippen molar-refractivity contribution in [2.24, 2.45) is 0 Å². The molecule has 0 aromatic heterocycles. The summed E-state index contributed by atoms with van der Waals surface area (Å²) in [5.41, 5.74) is 2.05. The molecule has 0 spiro atoms. The molecule has 0 bridgehead atoms. The first-order valence-electron chi connectivity index (χ1n) is 6.20. The normalized spacial score (nSPS) is 11.4. The van der Waals surface area contributed by atoms with Gasteiger partial charge in [0.25, 0.3) is 0 Å². The quantitative estimate of drug-likeness (QED) is 0.881. The molecule has 19 heavy (non-hydrogen) atoms. The molecule has 2 aromatic carbocycles. The molecule has 3 heteroatoms. The van der Waals surface area contributed by atoms with Crippen molar-refractivity contribution in [3.63, 3.8) is 0 Å². The van der Waals surface area contributed by atoms with Gasteiger partial charge in [-0.1, -0.05) is 30.3 Å². The van der Waals surface area contributed by atoms with Crippen molar-refractivity contribution in [3.05, 3.63) is 60.2 Å². The van der Waals surface area contributed by atoms with E-state index in [-0.39, 0.29) is 6.10 Å². The molecule has 1 unspecified atom stereocenters. The molecule has 0 radical (unpaired) electrons. The third kappa shape index (κ3) is 3.49. The molecule has 96 valence electrons. The Labute approximate surface area is 113 Å². The van der Waals surface area contributed by atoms with E-state index in [0.717, 1.165) is 17.0 Å². The van der Waals surface area contributed by atoms with Crippen LogP contribution in [0.1, 0.15) is 18.1 Å². The molecule has 1 atom stereocenters. The fraction of sp³-hybridized carbons (Fsp3) is 0.188. The van der Waals surface area contributed by atoms with Crippen LogP contribution < -0.4 is 10.1 Å². The predicted octanol–water partition coefficient (Wildman–Crippen LogP) is 3.76. The van der Waals surface area contributed by atoms with E-state index in [4.69, 9.17) is 10.00 Å². The fourth-order valence-corrected chi connectivity index (χ4v) is 1.84. The number of anilines is 1. The molecule has 0 aliphatic rings. The molecule has 0 aliphatic heterocycles. The summed E-state index contributed by atoms with van der Waals surface area (Å²) < 4.78 is 5.89. The molecule has 2 aromatic rings. The maximum Gasteiger partial charge on any atom is 0.137 e. The number of nitrogens with zero attached hydrogens (tertiary/aromatic N) is 1. The summed E-state index contributed by atoms with van der Waals surface area (Å²) in [5.74, 6) is 0.767. The van der Waals surface area contributed by atoms with Crippen molar-refractivity contribution < 1.29 is 4.74 Å². The van der Waals surface area contributed by atoms with Gasteiger partial charge in [0.1, 0.15) is 11.9 Å². The lowest BCUT2D eigenvalue weighted by Crippen LogP contribution is -2.06. The minimum absolute atomic E-state index is 0.230. The maximum atomic E-state index is 8.92. The molecular formula is C16H16N2O. The van der Waals surface area contributed by atoms with Crippen LogP contribution in [-0.4, -0.2) is 7.05 Å². The zero-order chi connectivity index (χ0) is 13.5. The van der Waals surface area contributed by atoms with Gasteiger partial charge < -0.3 is 10.1 Å². The maximum absolute atomic E-state index is 8.92. The molecule has 2 rings (SSSR count). The monoisotopic (exact) mass is 252 g/mol. The largest absolute Gasteiger partial charge is 0.485 e. The van der Waals surface area contributed by atoms with Gasteiger partial charge in [-0.15, -0.1) is 0 Å². The highest BCUT2D eigenvalue weighted by molar-refractivity contribution is 5.45. The number of rotatable bonds is 5. The Morgan fingerprint density at radius 3 is 2.37 bits per heavy atom. The Hall–Kier alpha value is -2.47. The van der Waals surface area contributed by atoms with Crippen molar-refractivity contribution in [2.75, 3.05) is 12.4 Å². The summed E-state index contributed by atoms with van der Waals surface area (Å²) in [5, 5.41) is 12.0. The van der Waals surface area contributed by atoms with E-state index in [1.807, 2.05) is 61.6 Å². The molecular weight excluding hydrogens is 236 g/mol. The first-order chi connectivity index (χ1) is 9.33. The lowest BCUT2D eigenvalue weighted by molar-refractivity contribution is 0.211. The van der Waals surface area contributed by atoms with E-state index in [1.54, 1.807) is 0 Å². The Bertz CT molecular complexity index is 543. The number of nitriles is 1. The second kappa shape index (κ2) is 6.46. The lowest BCUT2D eigenvalue weighted by Gasteiger charge is -2.17. The van der Waals surface area contributed by atoms with Crippen LogP contribution in [0.3, 0.4) is 0 Å². The van der Waals surface area contributed by atoms with Crippen molar-refractivity contribution in [3.8, 4) is 11.8 Å². The smallest absolute Gasteiger partial charge is 0.137 e. The number of benzene rings is 2. The minimum Gasteiger partial charge on any atom is -0.485 e. The van der Waals surface area contributed by atoms with E-state index < -0.39 is 0 Å². The summed E-state index contributed by atoms with van der Waals surface area (Å²) in [6.45, 7) is 0. The molecule has 0 aliphatic carbocycles. The number of ether oxygens (including phenoxy) is 1. The SMILES string of the molecule is CNc1ccc(OC(CC#N)c2ccccc2)cc1. The molecule has 0 saturated heterocycles. The van der Waals surface area contributed by atoms with Crippen LogP contribution in [0.5, 0.6) is 5.75 Å². The van der Waals surface area contributed by atoms with Gasteiger partial charge in [-0.25, -0.2) is 0 Å². The van der Waals surface area contributed by atoms with Crippen LogP contribution in [0.2, 0.25) is 0 Å². The summed E-state index contributed by atoms with van der Waals surface area (Å²) in [4.78, 5) is 0. The molecule has 0 fully saturated rings. The molecule has 0 heterocycles. The fourth-order valence-electron chi connectivity index (χ4n) is 1.84. The van der Waals surface area contributed by atoms with Gasteiger partial charge in [0, 0.05) is 12.7 Å². The zero-order valence-electron chi connectivity index (χ0n) is 10.8. The van der Waals surface area contributed by atoms with Crippen LogP contribution >= 0.6 is 0 Å². The van der Waals surface area contributed by atoms with Crippen molar-refractivity contribution in [2.45, 2.75) is 12.5 Å².